The molecule has 0 aromatic heterocycles. The van der Waals surface area contributed by atoms with E-state index in [1.807, 2.05) is 0 Å². The number of benzene rings is 1. The van der Waals surface area contributed by atoms with Gasteiger partial charge in [0.15, 0.2) is 0 Å². The molecule has 18 heavy (non-hydrogen) atoms. The lowest BCUT2D eigenvalue weighted by Gasteiger charge is -2.48. The van der Waals surface area contributed by atoms with Crippen molar-refractivity contribution in [1.29, 1.82) is 0 Å². The van der Waals surface area contributed by atoms with Crippen LogP contribution in [0, 0.1) is 19.8 Å². The van der Waals surface area contributed by atoms with Gasteiger partial charge in [-0.25, -0.2) is 0 Å². The van der Waals surface area contributed by atoms with Crippen LogP contribution in [-0.4, -0.2) is 12.6 Å². The van der Waals surface area contributed by atoms with Crippen molar-refractivity contribution in [1.82, 2.24) is 5.32 Å². The van der Waals surface area contributed by atoms with Crippen LogP contribution in [0.5, 0.6) is 0 Å². The second kappa shape index (κ2) is 5.05. The van der Waals surface area contributed by atoms with Gasteiger partial charge in [0.2, 0.25) is 0 Å². The third kappa shape index (κ3) is 2.77. The van der Waals surface area contributed by atoms with Crippen LogP contribution in [0.4, 0.5) is 0 Å². The molecule has 0 radical (unpaired) electrons. The summed E-state index contributed by atoms with van der Waals surface area (Å²) < 4.78 is 0. The summed E-state index contributed by atoms with van der Waals surface area (Å²) in [4.78, 5) is 0. The number of rotatable bonds is 4. The topological polar surface area (TPSA) is 12.0 Å². The molecule has 2 rings (SSSR count). The summed E-state index contributed by atoms with van der Waals surface area (Å²) in [6, 6.07) is 7.63. The van der Waals surface area contributed by atoms with E-state index in [1.165, 1.54) is 24.0 Å². The zero-order valence-corrected chi connectivity index (χ0v) is 12.5. The van der Waals surface area contributed by atoms with Crippen molar-refractivity contribution in [2.75, 3.05) is 6.54 Å². The third-order valence-corrected chi connectivity index (χ3v) is 4.16. The molecule has 1 aliphatic carbocycles. The maximum Gasteiger partial charge on any atom is 0.00831 e. The van der Waals surface area contributed by atoms with Crippen molar-refractivity contribution >= 4 is 0 Å². The van der Waals surface area contributed by atoms with E-state index in [0.29, 0.717) is 11.5 Å². The number of hydrogen-bond acceptors (Lipinski definition) is 1. The third-order valence-electron chi connectivity index (χ3n) is 4.16. The Kier molecular flexibility index (Phi) is 3.82. The van der Waals surface area contributed by atoms with Crippen LogP contribution >= 0.6 is 0 Å². The summed E-state index contributed by atoms with van der Waals surface area (Å²) in [5.74, 6) is 0.875. The highest BCUT2D eigenvalue weighted by molar-refractivity contribution is 5.36. The standard InChI is InChI=1S/C17H27N/c1-12(2)18-11-17(9-15(5)10-17)16-7-13(3)6-14(4)8-16/h6-8,12,15,18H,9-11H2,1-5H3. The largest absolute Gasteiger partial charge is 0.314 e. The van der Waals surface area contributed by atoms with E-state index < -0.39 is 0 Å². The lowest BCUT2D eigenvalue weighted by atomic mass is 9.59. The van der Waals surface area contributed by atoms with Crippen molar-refractivity contribution in [2.45, 2.75) is 58.9 Å². The Morgan fingerprint density at radius 3 is 2.17 bits per heavy atom. The molecule has 0 spiro atoms. The fourth-order valence-corrected chi connectivity index (χ4v) is 3.44. The second-order valence-electron chi connectivity index (χ2n) is 6.71. The van der Waals surface area contributed by atoms with Crippen molar-refractivity contribution in [2.24, 2.45) is 5.92 Å². The van der Waals surface area contributed by atoms with Gasteiger partial charge in [-0.1, -0.05) is 50.1 Å². The lowest BCUT2D eigenvalue weighted by molar-refractivity contribution is 0.149. The fourth-order valence-electron chi connectivity index (χ4n) is 3.44. The minimum absolute atomic E-state index is 0.389. The van der Waals surface area contributed by atoms with E-state index in [2.05, 4.69) is 58.1 Å². The minimum Gasteiger partial charge on any atom is -0.314 e. The first-order valence-corrected chi connectivity index (χ1v) is 7.23. The summed E-state index contributed by atoms with van der Waals surface area (Å²) in [5, 5.41) is 3.65. The summed E-state index contributed by atoms with van der Waals surface area (Å²) in [6.07, 6.45) is 2.66. The molecule has 1 heteroatoms. The summed E-state index contributed by atoms with van der Waals surface area (Å²) in [6.45, 7) is 12.4. The Balaban J connectivity index is 2.24. The molecule has 1 aliphatic rings. The van der Waals surface area contributed by atoms with Gasteiger partial charge in [-0.2, -0.15) is 0 Å². The molecule has 1 N–H and O–H groups in total. The molecule has 0 atom stereocenters. The fraction of sp³-hybridized carbons (Fsp3) is 0.647. The molecular weight excluding hydrogens is 218 g/mol. The van der Waals surface area contributed by atoms with E-state index in [9.17, 15) is 0 Å². The monoisotopic (exact) mass is 245 g/mol. The van der Waals surface area contributed by atoms with E-state index >= 15 is 0 Å². The van der Waals surface area contributed by atoms with Crippen molar-refractivity contribution < 1.29 is 0 Å². The number of hydrogen-bond donors (Lipinski definition) is 1. The Hall–Kier alpha value is -0.820. The van der Waals surface area contributed by atoms with Crippen LogP contribution < -0.4 is 5.32 Å². The van der Waals surface area contributed by atoms with Gasteiger partial charge in [0.25, 0.3) is 0 Å². The molecule has 0 unspecified atom stereocenters. The Morgan fingerprint density at radius 1 is 1.17 bits per heavy atom. The minimum atomic E-state index is 0.389. The summed E-state index contributed by atoms with van der Waals surface area (Å²) in [5.41, 5.74) is 4.73. The average Bonchev–Trinajstić information content (AvgIpc) is 2.21. The molecule has 1 aromatic rings. The highest BCUT2D eigenvalue weighted by Gasteiger charge is 2.43. The SMILES string of the molecule is Cc1cc(C)cc(C2(CNC(C)C)CC(C)C2)c1. The van der Waals surface area contributed by atoms with Gasteiger partial charge in [-0.3, -0.25) is 0 Å². The quantitative estimate of drug-likeness (QED) is 0.846. The smallest absolute Gasteiger partial charge is 0.00831 e. The van der Waals surface area contributed by atoms with Gasteiger partial charge in [-0.15, -0.1) is 0 Å². The van der Waals surface area contributed by atoms with Gasteiger partial charge in [0.1, 0.15) is 0 Å². The van der Waals surface area contributed by atoms with Crippen LogP contribution in [0.1, 0.15) is 50.3 Å². The highest BCUT2D eigenvalue weighted by Crippen LogP contribution is 2.47. The maximum atomic E-state index is 3.65. The normalized spacial score (nSPS) is 27.3. The van der Waals surface area contributed by atoms with Crippen LogP contribution in [0.25, 0.3) is 0 Å². The second-order valence-corrected chi connectivity index (χ2v) is 6.71. The van der Waals surface area contributed by atoms with E-state index in [0.717, 1.165) is 12.5 Å². The molecule has 1 nitrogen and oxygen atoms in total. The molecular formula is C17H27N. The Labute approximate surface area is 112 Å². The molecule has 1 saturated carbocycles. The molecule has 0 bridgehead atoms. The van der Waals surface area contributed by atoms with Crippen molar-refractivity contribution in [3.8, 4) is 0 Å². The zero-order valence-electron chi connectivity index (χ0n) is 12.5. The molecule has 0 heterocycles. The molecule has 1 fully saturated rings. The molecule has 0 aliphatic heterocycles. The Morgan fingerprint density at radius 2 is 1.72 bits per heavy atom. The predicted octanol–water partition coefficient (Wildman–Crippen LogP) is 3.97. The van der Waals surface area contributed by atoms with Gasteiger partial charge < -0.3 is 5.32 Å². The van der Waals surface area contributed by atoms with Gasteiger partial charge in [0.05, 0.1) is 0 Å². The molecule has 1 aromatic carbocycles. The first kappa shape index (κ1) is 13.6. The molecule has 0 saturated heterocycles. The summed E-state index contributed by atoms with van der Waals surface area (Å²) in [7, 11) is 0. The predicted molar refractivity (Wildman–Crippen MR) is 79.1 cm³/mol. The highest BCUT2D eigenvalue weighted by atomic mass is 14.9. The van der Waals surface area contributed by atoms with Gasteiger partial charge >= 0.3 is 0 Å². The van der Waals surface area contributed by atoms with Gasteiger partial charge in [-0.05, 0) is 38.2 Å². The molecule has 0 amide bonds. The first-order valence-electron chi connectivity index (χ1n) is 7.23. The van der Waals surface area contributed by atoms with E-state index in [4.69, 9.17) is 0 Å². The van der Waals surface area contributed by atoms with Crippen LogP contribution in [0.3, 0.4) is 0 Å². The number of aryl methyl sites for hydroxylation is 2. The van der Waals surface area contributed by atoms with Crippen molar-refractivity contribution in [3.63, 3.8) is 0 Å². The zero-order chi connectivity index (χ0) is 13.3. The first-order chi connectivity index (χ1) is 8.41. The maximum absolute atomic E-state index is 3.65. The summed E-state index contributed by atoms with van der Waals surface area (Å²) >= 11 is 0. The van der Waals surface area contributed by atoms with Gasteiger partial charge in [0, 0.05) is 18.0 Å². The van der Waals surface area contributed by atoms with Crippen LogP contribution in [0.15, 0.2) is 18.2 Å². The van der Waals surface area contributed by atoms with Crippen LogP contribution in [0.2, 0.25) is 0 Å². The average molecular weight is 245 g/mol. The van der Waals surface area contributed by atoms with E-state index in [1.54, 1.807) is 5.56 Å². The number of nitrogens with one attached hydrogen (secondary N) is 1. The lowest BCUT2D eigenvalue weighted by Crippen LogP contribution is -2.49. The van der Waals surface area contributed by atoms with E-state index in [-0.39, 0.29) is 0 Å². The molecule has 100 valence electrons. The van der Waals surface area contributed by atoms with Crippen LogP contribution in [-0.2, 0) is 5.41 Å². The van der Waals surface area contributed by atoms with Crippen molar-refractivity contribution in [3.05, 3.63) is 34.9 Å². The Bertz CT molecular complexity index is 393.